The van der Waals surface area contributed by atoms with Crippen LogP contribution in [0.2, 0.25) is 0 Å². The number of carbonyl (C=O) groups excluding carboxylic acids is 5. The lowest BCUT2D eigenvalue weighted by molar-refractivity contribution is -0.182. The Kier molecular flexibility index (Phi) is 11.0. The first kappa shape index (κ1) is 31.7. The smallest absolute Gasteiger partial charge is 0.322 e. The summed E-state index contributed by atoms with van der Waals surface area (Å²) in [5.74, 6) is -3.86. The highest BCUT2D eigenvalue weighted by molar-refractivity contribution is 6.08. The normalized spacial score (nSPS) is 35.1. The van der Waals surface area contributed by atoms with Crippen LogP contribution in [-0.4, -0.2) is 65.2 Å². The fourth-order valence-electron chi connectivity index (χ4n) is 4.46. The van der Waals surface area contributed by atoms with Gasteiger partial charge in [0.25, 0.3) is 0 Å². The maximum absolute atomic E-state index is 13.8. The number of Topliss-reactive ketones (excluding diaryl/α,β-unsaturated/α-hetero) is 1. The molecule has 3 aliphatic rings. The van der Waals surface area contributed by atoms with Gasteiger partial charge in [-0.05, 0) is 39.8 Å². The van der Waals surface area contributed by atoms with E-state index in [1.807, 2.05) is 13.0 Å². The summed E-state index contributed by atoms with van der Waals surface area (Å²) in [4.78, 5) is 63.1. The van der Waals surface area contributed by atoms with E-state index in [0.717, 1.165) is 5.57 Å². The van der Waals surface area contributed by atoms with Crippen molar-refractivity contribution in [3.63, 3.8) is 0 Å². The molecule has 1 amide bonds. The fraction of sp³-hybridized carbons (Fsp3) is 0.552. The summed E-state index contributed by atoms with van der Waals surface area (Å²) in [6, 6.07) is -1.15. The summed E-state index contributed by atoms with van der Waals surface area (Å²) >= 11 is 0. The van der Waals surface area contributed by atoms with Gasteiger partial charge in [-0.2, -0.15) is 0 Å². The Morgan fingerprint density at radius 2 is 1.62 bits per heavy atom. The van der Waals surface area contributed by atoms with E-state index < -0.39 is 71.4 Å². The molecule has 214 valence electrons. The lowest BCUT2D eigenvalue weighted by Gasteiger charge is -2.42. The van der Waals surface area contributed by atoms with Gasteiger partial charge in [-0.1, -0.05) is 42.4 Å². The van der Waals surface area contributed by atoms with Crippen molar-refractivity contribution in [1.29, 1.82) is 0 Å². The van der Waals surface area contributed by atoms with Crippen molar-refractivity contribution >= 4 is 29.6 Å². The van der Waals surface area contributed by atoms with Crippen LogP contribution in [0.15, 0.2) is 47.6 Å². The molecule has 10 nitrogen and oxygen atoms in total. The second kappa shape index (κ2) is 13.5. The second-order valence-electron chi connectivity index (χ2n) is 10.3. The molecule has 10 heteroatoms. The molecule has 0 spiro atoms. The fourth-order valence-corrected chi connectivity index (χ4v) is 4.46. The van der Waals surface area contributed by atoms with E-state index in [2.05, 4.69) is 5.32 Å². The summed E-state index contributed by atoms with van der Waals surface area (Å²) in [5.41, 5.74) is -0.420. The zero-order chi connectivity index (χ0) is 29.5. The quantitative estimate of drug-likeness (QED) is 0.309. The number of hydrogen-bond donors (Lipinski definition) is 2. The molecule has 39 heavy (non-hydrogen) atoms. The molecule has 0 aromatic carbocycles. The molecule has 2 aliphatic heterocycles. The third kappa shape index (κ3) is 8.48. The minimum Gasteiger partial charge on any atom is -0.461 e. The van der Waals surface area contributed by atoms with Crippen LogP contribution in [0.5, 0.6) is 0 Å². The average Bonchev–Trinajstić information content (AvgIpc) is 2.84. The second-order valence-corrected chi connectivity index (χ2v) is 10.3. The number of rotatable bonds is 4. The highest BCUT2D eigenvalue weighted by Crippen LogP contribution is 2.38. The van der Waals surface area contributed by atoms with E-state index in [1.54, 1.807) is 38.2 Å². The van der Waals surface area contributed by atoms with Gasteiger partial charge in [0.1, 0.15) is 29.8 Å². The number of amides is 1. The molecule has 3 rings (SSSR count). The molecule has 1 aliphatic carbocycles. The topological polar surface area (TPSA) is 145 Å². The Morgan fingerprint density at radius 3 is 2.21 bits per heavy atom. The molecule has 1 fully saturated rings. The number of fused-ring (bicyclic) bond motifs is 10. The standard InChI is InChI=1S/C29H39NO9/c1-16-8-11-22(37-20(5)32)12-10-17(2)14-25(30-27(35)19(4)31)29(7)26(34)18(3)24(39-28(29)36)15-23(13-9-16)38-21(6)33/h8-10,12-14,18-19,22-25,31H,11,15H2,1-7H3,(H,30,35)/b12-10+,13-9-,16-8-,17-14-. The molecule has 0 radical (unpaired) electrons. The molecular formula is C29H39NO9. The van der Waals surface area contributed by atoms with E-state index >= 15 is 0 Å². The van der Waals surface area contributed by atoms with E-state index in [1.165, 1.54) is 33.8 Å². The lowest BCUT2D eigenvalue weighted by Crippen LogP contribution is -2.62. The highest BCUT2D eigenvalue weighted by Gasteiger charge is 2.56. The minimum absolute atomic E-state index is 0.0509. The number of ketones is 1. The summed E-state index contributed by atoms with van der Waals surface area (Å²) in [6.07, 6.45) is 6.87. The van der Waals surface area contributed by atoms with Gasteiger partial charge in [0.2, 0.25) is 5.91 Å². The van der Waals surface area contributed by atoms with Gasteiger partial charge in [-0.25, -0.2) is 0 Å². The zero-order valence-electron chi connectivity index (χ0n) is 23.6. The molecule has 0 aromatic heterocycles. The largest absolute Gasteiger partial charge is 0.461 e. The number of allylic oxidation sites excluding steroid dienone is 4. The van der Waals surface area contributed by atoms with E-state index in [-0.39, 0.29) is 6.42 Å². The molecule has 7 unspecified atom stereocenters. The van der Waals surface area contributed by atoms with Crippen LogP contribution < -0.4 is 5.32 Å². The van der Waals surface area contributed by atoms with Crippen LogP contribution in [-0.2, 0) is 38.2 Å². The SMILES string of the molecule is CC(=O)OC1/C=C\C(C)=C/CC(OC(C)=O)/C=C/C(C)=C\C(NC(=O)C(C)O)C2(C)C(=O)OC(C1)C(C)C2=O. The molecule has 1 saturated heterocycles. The summed E-state index contributed by atoms with van der Waals surface area (Å²) < 4.78 is 16.6. The predicted molar refractivity (Wildman–Crippen MR) is 142 cm³/mol. The number of carbonyl (C=O) groups is 5. The van der Waals surface area contributed by atoms with E-state index in [0.29, 0.717) is 12.0 Å². The molecule has 2 heterocycles. The van der Waals surface area contributed by atoms with Crippen LogP contribution in [0.1, 0.15) is 61.3 Å². The number of nitrogens with one attached hydrogen (secondary N) is 1. The average molecular weight is 546 g/mol. The van der Waals surface area contributed by atoms with Crippen LogP contribution >= 0.6 is 0 Å². The first-order chi connectivity index (χ1) is 18.1. The zero-order valence-corrected chi connectivity index (χ0v) is 23.6. The maximum atomic E-state index is 13.8. The summed E-state index contributed by atoms with van der Waals surface area (Å²) in [7, 11) is 0. The number of esters is 3. The van der Waals surface area contributed by atoms with Gasteiger partial charge >= 0.3 is 17.9 Å². The van der Waals surface area contributed by atoms with Gasteiger partial charge < -0.3 is 24.6 Å². The van der Waals surface area contributed by atoms with Crippen molar-refractivity contribution in [1.82, 2.24) is 5.32 Å². The van der Waals surface area contributed by atoms with Crippen molar-refractivity contribution in [2.45, 2.75) is 91.8 Å². The predicted octanol–water partition coefficient (Wildman–Crippen LogP) is 2.65. The Bertz CT molecular complexity index is 1100. The van der Waals surface area contributed by atoms with Crippen molar-refractivity contribution in [3.05, 3.63) is 47.6 Å². The Labute approximate surface area is 229 Å². The van der Waals surface area contributed by atoms with E-state index in [4.69, 9.17) is 14.2 Å². The van der Waals surface area contributed by atoms with Crippen LogP contribution in [0.4, 0.5) is 0 Å². The monoisotopic (exact) mass is 545 g/mol. The molecule has 0 saturated carbocycles. The number of aliphatic hydroxyl groups excluding tert-OH is 1. The highest BCUT2D eigenvalue weighted by atomic mass is 16.6. The van der Waals surface area contributed by atoms with E-state index in [9.17, 15) is 29.1 Å². The molecule has 2 bridgehead atoms. The van der Waals surface area contributed by atoms with Crippen molar-refractivity contribution in [2.75, 3.05) is 0 Å². The first-order valence-electron chi connectivity index (χ1n) is 12.9. The van der Waals surface area contributed by atoms with Gasteiger partial charge in [0.05, 0.1) is 12.0 Å². The van der Waals surface area contributed by atoms with Gasteiger partial charge in [-0.15, -0.1) is 0 Å². The van der Waals surface area contributed by atoms with Crippen molar-refractivity contribution in [2.24, 2.45) is 11.3 Å². The molecule has 7 atom stereocenters. The molecular weight excluding hydrogens is 506 g/mol. The van der Waals surface area contributed by atoms with Crippen LogP contribution in [0, 0.1) is 11.3 Å². The van der Waals surface area contributed by atoms with Gasteiger partial charge in [-0.3, -0.25) is 24.0 Å². The number of aliphatic hydroxyl groups is 1. The first-order valence-corrected chi connectivity index (χ1v) is 12.9. The Morgan fingerprint density at radius 1 is 1.05 bits per heavy atom. The number of hydrogen-bond acceptors (Lipinski definition) is 9. The summed E-state index contributed by atoms with van der Waals surface area (Å²) in [5, 5.41) is 12.4. The minimum atomic E-state index is -1.80. The van der Waals surface area contributed by atoms with Crippen molar-refractivity contribution < 1.29 is 43.3 Å². The Hall–Kier alpha value is -3.53. The maximum Gasteiger partial charge on any atom is 0.322 e. The third-order valence-corrected chi connectivity index (χ3v) is 6.81. The van der Waals surface area contributed by atoms with Gasteiger partial charge in [0.15, 0.2) is 5.78 Å². The van der Waals surface area contributed by atoms with Crippen LogP contribution in [0.3, 0.4) is 0 Å². The van der Waals surface area contributed by atoms with Crippen LogP contribution in [0.25, 0.3) is 0 Å². The number of ether oxygens (including phenoxy) is 3. The van der Waals surface area contributed by atoms with Crippen molar-refractivity contribution in [3.8, 4) is 0 Å². The third-order valence-electron chi connectivity index (χ3n) is 6.81. The van der Waals surface area contributed by atoms with Gasteiger partial charge in [0, 0.05) is 26.7 Å². The molecule has 0 aromatic rings. The summed E-state index contributed by atoms with van der Waals surface area (Å²) in [6.45, 7) is 10.4. The lowest BCUT2D eigenvalue weighted by atomic mass is 9.69. The Balaban J connectivity index is 2.66. The molecule has 2 N–H and O–H groups in total.